The Balaban J connectivity index is 1.27. The second kappa shape index (κ2) is 11.0. The lowest BCUT2D eigenvalue weighted by atomic mass is 9.88. The molecule has 3 unspecified atom stereocenters. The molecule has 8 nitrogen and oxygen atoms in total. The van der Waals surface area contributed by atoms with Crippen molar-refractivity contribution in [3.8, 4) is 5.69 Å². The number of piperidine rings is 2. The zero-order valence-electron chi connectivity index (χ0n) is 24.0. The summed E-state index contributed by atoms with van der Waals surface area (Å²) in [6.07, 6.45) is 9.70. The molecule has 3 aromatic rings. The van der Waals surface area contributed by atoms with Gasteiger partial charge in [0.25, 0.3) is 5.91 Å². The number of pyridine rings is 1. The molecule has 3 fully saturated rings. The summed E-state index contributed by atoms with van der Waals surface area (Å²) in [6, 6.07) is 6.36. The number of hydrogen-bond acceptors (Lipinski definition) is 5. The first-order valence-corrected chi connectivity index (χ1v) is 14.9. The maximum Gasteiger partial charge on any atom is 0.256 e. The van der Waals surface area contributed by atoms with Crippen LogP contribution >= 0.6 is 0 Å². The fourth-order valence-corrected chi connectivity index (χ4v) is 7.17. The number of fused-ring (bicyclic) bond motifs is 3. The van der Waals surface area contributed by atoms with Gasteiger partial charge in [0, 0.05) is 61.0 Å². The second-order valence-corrected chi connectivity index (χ2v) is 12.0. The van der Waals surface area contributed by atoms with Gasteiger partial charge in [0.1, 0.15) is 5.82 Å². The van der Waals surface area contributed by atoms with E-state index in [1.165, 1.54) is 12.1 Å². The van der Waals surface area contributed by atoms with Crippen molar-refractivity contribution in [3.05, 3.63) is 59.8 Å². The van der Waals surface area contributed by atoms with Crippen LogP contribution in [0.1, 0.15) is 73.6 Å². The molecule has 4 heterocycles. The molecule has 1 N–H and O–H groups in total. The van der Waals surface area contributed by atoms with E-state index in [9.17, 15) is 18.8 Å². The smallest absolute Gasteiger partial charge is 0.256 e. The SMILES string of the molecule is CCN(C(=O)c1cc(F)ccc1-n1cc(C(=O)C2CCN(C(=O)C3NC4CCC3C4)CC2)c2ccncc21)C(C)C. The summed E-state index contributed by atoms with van der Waals surface area (Å²) in [4.78, 5) is 48.6. The minimum Gasteiger partial charge on any atom is -0.341 e. The van der Waals surface area contributed by atoms with Crippen molar-refractivity contribution in [2.75, 3.05) is 19.6 Å². The number of ketones is 1. The van der Waals surface area contributed by atoms with Crippen LogP contribution in [-0.4, -0.2) is 74.7 Å². The number of nitrogens with one attached hydrogen (secondary N) is 1. The number of carbonyl (C=O) groups excluding carboxylic acids is 3. The standard InChI is InChI=1S/C32H38FN5O3/c1-4-37(19(2)3)31(40)25-16-22(33)6-8-27(25)38-18-26(24-9-12-34-17-28(24)38)30(39)20-10-13-36(14-11-20)32(41)29-21-5-7-23(15-21)35-29/h6,8-9,12,16-21,23,29,35H,4-5,7,10-11,13-15H2,1-3H3. The van der Waals surface area contributed by atoms with Crippen molar-refractivity contribution in [1.82, 2.24) is 24.7 Å². The summed E-state index contributed by atoms with van der Waals surface area (Å²) in [5.74, 6) is -0.313. The van der Waals surface area contributed by atoms with Crippen LogP contribution in [0.25, 0.3) is 16.6 Å². The van der Waals surface area contributed by atoms with Crippen LogP contribution in [0.15, 0.2) is 42.9 Å². The van der Waals surface area contributed by atoms with Gasteiger partial charge in [-0.15, -0.1) is 0 Å². The Hall–Kier alpha value is -3.59. The van der Waals surface area contributed by atoms with E-state index in [4.69, 9.17) is 0 Å². The Kier molecular flexibility index (Phi) is 7.40. The predicted molar refractivity (Wildman–Crippen MR) is 155 cm³/mol. The number of nitrogens with zero attached hydrogens (tertiary/aromatic N) is 4. The Morgan fingerprint density at radius 2 is 1.88 bits per heavy atom. The van der Waals surface area contributed by atoms with Crippen molar-refractivity contribution in [2.24, 2.45) is 11.8 Å². The molecule has 1 aliphatic carbocycles. The average Bonchev–Trinajstić information content (AvgIpc) is 3.72. The number of amides is 2. The van der Waals surface area contributed by atoms with Gasteiger partial charge in [-0.25, -0.2) is 4.39 Å². The van der Waals surface area contributed by atoms with Gasteiger partial charge in [0.2, 0.25) is 5.91 Å². The van der Waals surface area contributed by atoms with Crippen molar-refractivity contribution >= 4 is 28.5 Å². The Bertz CT molecular complexity index is 1490. The summed E-state index contributed by atoms with van der Waals surface area (Å²) in [6.45, 7) is 7.39. The highest BCUT2D eigenvalue weighted by Gasteiger charge is 2.44. The molecule has 0 radical (unpaired) electrons. The molecule has 2 saturated heterocycles. The third-order valence-electron chi connectivity index (χ3n) is 9.35. The van der Waals surface area contributed by atoms with Crippen LogP contribution in [0, 0.1) is 17.7 Å². The molecule has 2 aliphatic heterocycles. The van der Waals surface area contributed by atoms with Crippen LogP contribution in [0.3, 0.4) is 0 Å². The number of carbonyl (C=O) groups is 3. The van der Waals surface area contributed by atoms with E-state index in [2.05, 4.69) is 10.3 Å². The van der Waals surface area contributed by atoms with E-state index < -0.39 is 5.82 Å². The fraction of sp³-hybridized carbons (Fsp3) is 0.500. The topological polar surface area (TPSA) is 87.5 Å². The summed E-state index contributed by atoms with van der Waals surface area (Å²) >= 11 is 0. The highest BCUT2D eigenvalue weighted by atomic mass is 19.1. The molecule has 0 spiro atoms. The normalized spacial score (nSPS) is 22.6. The number of Topliss-reactive ketones (excluding diaryl/α,β-unsaturated/α-hetero) is 1. The molecule has 2 aromatic heterocycles. The molecule has 2 bridgehead atoms. The highest BCUT2D eigenvalue weighted by molar-refractivity contribution is 6.10. The number of halogens is 1. The third-order valence-corrected chi connectivity index (χ3v) is 9.35. The first-order valence-electron chi connectivity index (χ1n) is 14.9. The van der Waals surface area contributed by atoms with Crippen LogP contribution < -0.4 is 5.32 Å². The van der Waals surface area contributed by atoms with E-state index in [1.807, 2.05) is 31.7 Å². The van der Waals surface area contributed by atoms with Crippen molar-refractivity contribution in [3.63, 3.8) is 0 Å². The minimum atomic E-state index is -0.496. The Morgan fingerprint density at radius 1 is 1.10 bits per heavy atom. The summed E-state index contributed by atoms with van der Waals surface area (Å²) in [5.41, 5.74) is 1.98. The number of rotatable bonds is 7. The molecule has 216 valence electrons. The van der Waals surface area contributed by atoms with Crippen LogP contribution in [0.5, 0.6) is 0 Å². The van der Waals surface area contributed by atoms with Crippen LogP contribution in [0.4, 0.5) is 4.39 Å². The Labute approximate surface area is 239 Å². The van der Waals surface area contributed by atoms with E-state index in [1.54, 1.807) is 34.1 Å². The van der Waals surface area contributed by atoms with Gasteiger partial charge in [-0.1, -0.05) is 0 Å². The van der Waals surface area contributed by atoms with Crippen molar-refractivity contribution in [1.29, 1.82) is 0 Å². The largest absolute Gasteiger partial charge is 0.341 e. The first-order chi connectivity index (χ1) is 19.8. The maximum absolute atomic E-state index is 14.4. The van der Waals surface area contributed by atoms with Gasteiger partial charge in [0.15, 0.2) is 5.78 Å². The van der Waals surface area contributed by atoms with Gasteiger partial charge >= 0.3 is 0 Å². The van der Waals surface area contributed by atoms with Crippen LogP contribution in [-0.2, 0) is 4.79 Å². The van der Waals surface area contributed by atoms with Gasteiger partial charge < -0.3 is 19.7 Å². The highest BCUT2D eigenvalue weighted by Crippen LogP contribution is 2.37. The number of benzene rings is 1. The van der Waals surface area contributed by atoms with Crippen LogP contribution in [0.2, 0.25) is 0 Å². The van der Waals surface area contributed by atoms with Crippen molar-refractivity contribution in [2.45, 2.75) is 71.0 Å². The van der Waals surface area contributed by atoms with Gasteiger partial charge in [-0.05, 0) is 83.1 Å². The molecule has 9 heteroatoms. The summed E-state index contributed by atoms with van der Waals surface area (Å²) in [7, 11) is 0. The predicted octanol–water partition coefficient (Wildman–Crippen LogP) is 4.60. The molecular weight excluding hydrogens is 521 g/mol. The number of hydrogen-bond donors (Lipinski definition) is 1. The fourth-order valence-electron chi connectivity index (χ4n) is 7.17. The molecule has 41 heavy (non-hydrogen) atoms. The summed E-state index contributed by atoms with van der Waals surface area (Å²) in [5, 5.41) is 4.25. The lowest BCUT2D eigenvalue weighted by molar-refractivity contribution is -0.135. The zero-order valence-corrected chi connectivity index (χ0v) is 24.0. The number of likely N-dealkylation sites (tertiary alicyclic amines) is 1. The molecule has 3 atom stereocenters. The molecule has 3 aliphatic rings. The minimum absolute atomic E-state index is 0.0254. The van der Waals surface area contributed by atoms with Gasteiger partial charge in [-0.3, -0.25) is 19.4 Å². The quantitative estimate of drug-likeness (QED) is 0.428. The molecular formula is C32H38FN5O3. The first kappa shape index (κ1) is 27.6. The lowest BCUT2D eigenvalue weighted by Crippen LogP contribution is -2.51. The van der Waals surface area contributed by atoms with E-state index in [0.717, 1.165) is 24.6 Å². The monoisotopic (exact) mass is 559 g/mol. The maximum atomic E-state index is 14.4. The zero-order chi connectivity index (χ0) is 28.8. The molecule has 6 rings (SSSR count). The molecule has 1 aromatic carbocycles. The van der Waals surface area contributed by atoms with E-state index in [0.29, 0.717) is 61.2 Å². The average molecular weight is 560 g/mol. The van der Waals surface area contributed by atoms with Gasteiger partial charge in [0.05, 0.1) is 29.0 Å². The number of aromatic nitrogens is 2. The summed E-state index contributed by atoms with van der Waals surface area (Å²) < 4.78 is 16.2. The molecule has 2 amide bonds. The van der Waals surface area contributed by atoms with E-state index in [-0.39, 0.29) is 41.2 Å². The third kappa shape index (κ3) is 4.94. The van der Waals surface area contributed by atoms with E-state index >= 15 is 0 Å². The molecule has 1 saturated carbocycles. The van der Waals surface area contributed by atoms with Gasteiger partial charge in [-0.2, -0.15) is 0 Å². The Morgan fingerprint density at radius 3 is 2.54 bits per heavy atom. The second-order valence-electron chi connectivity index (χ2n) is 12.0. The van der Waals surface area contributed by atoms with Crippen molar-refractivity contribution < 1.29 is 18.8 Å². The lowest BCUT2D eigenvalue weighted by Gasteiger charge is -2.35.